The summed E-state index contributed by atoms with van der Waals surface area (Å²) in [5.74, 6) is -0.101. The number of nitrogens with zero attached hydrogens (tertiary/aromatic N) is 6. The fraction of sp³-hybridized carbons (Fsp3) is 0.0385. The fourth-order valence-electron chi connectivity index (χ4n) is 3.65. The van der Waals surface area contributed by atoms with Crippen molar-refractivity contribution in [3.8, 4) is 45.7 Å². The molecule has 0 saturated heterocycles. The lowest BCUT2D eigenvalue weighted by Crippen LogP contribution is -2.04. The van der Waals surface area contributed by atoms with Crippen LogP contribution in [0.25, 0.3) is 34.0 Å². The molecule has 4 aromatic rings. The Kier molecular flexibility index (Phi) is 5.38. The minimum atomic E-state index is -0.987. The Bertz CT molecular complexity index is 1620. The molecule has 0 spiro atoms. The number of imidazole rings is 1. The van der Waals surface area contributed by atoms with Crippen LogP contribution in [0.5, 0.6) is 11.6 Å². The molecule has 0 amide bonds. The van der Waals surface area contributed by atoms with Crippen molar-refractivity contribution in [3.63, 3.8) is 0 Å². The van der Waals surface area contributed by atoms with Crippen LogP contribution in [-0.4, -0.2) is 29.9 Å². The number of hydrogen-bond acceptors (Lipinski definition) is 7. The van der Waals surface area contributed by atoms with E-state index in [9.17, 15) is 8.78 Å². The van der Waals surface area contributed by atoms with E-state index < -0.39 is 11.6 Å². The minimum Gasteiger partial charge on any atom is -0.439 e. The van der Waals surface area contributed by atoms with Crippen molar-refractivity contribution in [2.75, 3.05) is 0 Å². The summed E-state index contributed by atoms with van der Waals surface area (Å²) in [7, 11) is 0. The van der Waals surface area contributed by atoms with E-state index in [0.717, 1.165) is 11.6 Å². The molecule has 2 aliphatic heterocycles. The normalized spacial score (nSPS) is 11.2. The van der Waals surface area contributed by atoms with Crippen molar-refractivity contribution in [2.45, 2.75) is 6.54 Å². The second-order valence-corrected chi connectivity index (χ2v) is 7.86. The predicted octanol–water partition coefficient (Wildman–Crippen LogP) is 5.61. The lowest BCUT2D eigenvalue weighted by atomic mass is 10.1. The highest BCUT2D eigenvalue weighted by Crippen LogP contribution is 2.28. The molecule has 8 nitrogen and oxygen atoms in total. The standard InChI is InChI=1S/C26H16F2N6O2/c27-20-5-3-4-19(25(20)28)26-31-22-13-30-34(15-23(22)32-26)14-18-12-21(33-36-18)16-7-9-17(10-8-16)35-24-6-1-2-11-29-24/h1-13,15H,14H2. The smallest absolute Gasteiger partial charge is 0.219 e. The van der Waals surface area contributed by atoms with E-state index in [2.05, 4.69) is 25.2 Å². The van der Waals surface area contributed by atoms with Gasteiger partial charge in [0, 0.05) is 23.9 Å². The number of aromatic nitrogens is 6. The molecule has 2 aromatic heterocycles. The van der Waals surface area contributed by atoms with Gasteiger partial charge in [-0.15, -0.1) is 0 Å². The molecule has 0 N–H and O–H groups in total. The number of fused-ring (bicyclic) bond motifs is 1. The van der Waals surface area contributed by atoms with E-state index in [-0.39, 0.29) is 11.4 Å². The van der Waals surface area contributed by atoms with E-state index in [1.807, 2.05) is 42.5 Å². The largest absolute Gasteiger partial charge is 0.439 e. The molecular weight excluding hydrogens is 466 g/mol. The van der Waals surface area contributed by atoms with E-state index in [1.165, 1.54) is 18.3 Å². The lowest BCUT2D eigenvalue weighted by Gasteiger charge is -2.04. The van der Waals surface area contributed by atoms with Gasteiger partial charge >= 0.3 is 0 Å². The van der Waals surface area contributed by atoms with Crippen molar-refractivity contribution >= 4 is 0 Å². The summed E-state index contributed by atoms with van der Waals surface area (Å²) in [6, 6.07) is 18.6. The first kappa shape index (κ1) is 21.5. The first-order chi connectivity index (χ1) is 17.6. The summed E-state index contributed by atoms with van der Waals surface area (Å²) in [6.45, 7) is 0.292. The molecule has 0 aliphatic carbocycles. The van der Waals surface area contributed by atoms with E-state index in [4.69, 9.17) is 9.26 Å². The zero-order chi connectivity index (χ0) is 24.5. The zero-order valence-electron chi connectivity index (χ0n) is 18.5. The first-order valence-corrected chi connectivity index (χ1v) is 10.9. The maximum Gasteiger partial charge on any atom is 0.219 e. The highest BCUT2D eigenvalue weighted by atomic mass is 19.2. The summed E-state index contributed by atoms with van der Waals surface area (Å²) < 4.78 is 40.5. The van der Waals surface area contributed by atoms with Crippen LogP contribution in [0.1, 0.15) is 5.76 Å². The van der Waals surface area contributed by atoms with Crippen LogP contribution in [0, 0.1) is 11.6 Å². The Balaban J connectivity index is 1.18. The Hall–Kier alpha value is -4.99. The van der Waals surface area contributed by atoms with Gasteiger partial charge in [-0.3, -0.25) is 4.68 Å². The van der Waals surface area contributed by atoms with Crippen LogP contribution in [0.2, 0.25) is 0 Å². The van der Waals surface area contributed by atoms with Gasteiger partial charge in [-0.1, -0.05) is 17.3 Å². The number of benzene rings is 2. The van der Waals surface area contributed by atoms with Gasteiger partial charge in [0.2, 0.25) is 5.88 Å². The van der Waals surface area contributed by atoms with Gasteiger partial charge in [-0.05, 0) is 42.5 Å². The van der Waals surface area contributed by atoms with Crippen LogP contribution in [0.3, 0.4) is 0 Å². The van der Waals surface area contributed by atoms with Gasteiger partial charge in [0.25, 0.3) is 0 Å². The van der Waals surface area contributed by atoms with Gasteiger partial charge in [0.15, 0.2) is 23.2 Å². The second kappa shape index (κ2) is 8.99. The maximum absolute atomic E-state index is 14.1. The monoisotopic (exact) mass is 482 g/mol. The molecule has 6 rings (SSSR count). The maximum atomic E-state index is 14.1. The Labute approximate surface area is 203 Å². The summed E-state index contributed by atoms with van der Waals surface area (Å²) in [6.07, 6.45) is 4.84. The van der Waals surface area contributed by atoms with Crippen LogP contribution < -0.4 is 4.74 Å². The predicted molar refractivity (Wildman–Crippen MR) is 125 cm³/mol. The molecule has 0 bridgehead atoms. The second-order valence-electron chi connectivity index (χ2n) is 7.86. The number of pyridine rings is 1. The summed E-state index contributed by atoms with van der Waals surface area (Å²) >= 11 is 0. The number of halogens is 2. The van der Waals surface area contributed by atoms with Crippen molar-refractivity contribution in [1.82, 2.24) is 29.9 Å². The van der Waals surface area contributed by atoms with Crippen molar-refractivity contribution in [3.05, 3.63) is 103 Å². The fourth-order valence-corrected chi connectivity index (χ4v) is 3.65. The Morgan fingerprint density at radius 2 is 1.75 bits per heavy atom. The molecule has 0 atom stereocenters. The molecular formula is C26H16F2N6O2. The van der Waals surface area contributed by atoms with Crippen molar-refractivity contribution in [2.24, 2.45) is 0 Å². The van der Waals surface area contributed by atoms with E-state index in [1.54, 1.807) is 23.1 Å². The lowest BCUT2D eigenvalue weighted by molar-refractivity contribution is 0.372. The third-order valence-electron chi connectivity index (χ3n) is 5.39. The molecule has 0 fully saturated rings. The van der Waals surface area contributed by atoms with E-state index >= 15 is 0 Å². The van der Waals surface area contributed by atoms with E-state index in [0.29, 0.717) is 41.0 Å². The Morgan fingerprint density at radius 1 is 0.889 bits per heavy atom. The highest BCUT2D eigenvalue weighted by Gasteiger charge is 2.18. The average molecular weight is 482 g/mol. The average Bonchev–Trinajstić information content (AvgIpc) is 3.54. The molecule has 0 saturated carbocycles. The molecule has 4 heterocycles. The molecule has 36 heavy (non-hydrogen) atoms. The minimum absolute atomic E-state index is 0.00548. The molecule has 0 radical (unpaired) electrons. The molecule has 0 unspecified atom stereocenters. The third-order valence-corrected chi connectivity index (χ3v) is 5.39. The number of rotatable bonds is 6. The summed E-state index contributed by atoms with van der Waals surface area (Å²) in [5, 5.41) is 8.46. The van der Waals surface area contributed by atoms with Crippen LogP contribution >= 0.6 is 0 Å². The van der Waals surface area contributed by atoms with Gasteiger partial charge < -0.3 is 9.26 Å². The van der Waals surface area contributed by atoms with Crippen LogP contribution in [-0.2, 0) is 6.54 Å². The quantitative estimate of drug-likeness (QED) is 0.305. The highest BCUT2D eigenvalue weighted by molar-refractivity contribution is 5.65. The van der Waals surface area contributed by atoms with Crippen molar-refractivity contribution < 1.29 is 18.0 Å². The molecule has 10 heteroatoms. The SMILES string of the molecule is Fc1cccc(-c2nc3cnn(Cc4cc(-c5ccc(Oc6ccccn6)cc5)no4)cc-3n2)c1F. The van der Waals surface area contributed by atoms with Crippen LogP contribution in [0.4, 0.5) is 8.78 Å². The molecule has 176 valence electrons. The molecule has 2 aliphatic rings. The number of hydrogen-bond donors (Lipinski definition) is 0. The summed E-state index contributed by atoms with van der Waals surface area (Å²) in [4.78, 5) is 12.7. The van der Waals surface area contributed by atoms with Gasteiger partial charge in [-0.25, -0.2) is 23.7 Å². The third kappa shape index (κ3) is 4.27. The van der Waals surface area contributed by atoms with Gasteiger partial charge in [0.05, 0.1) is 18.0 Å². The topological polar surface area (TPSA) is 91.8 Å². The number of ether oxygens (including phenoxy) is 1. The molecule has 2 aromatic carbocycles. The summed E-state index contributed by atoms with van der Waals surface area (Å²) in [5.41, 5.74) is 2.47. The van der Waals surface area contributed by atoms with Gasteiger partial charge in [0.1, 0.15) is 29.4 Å². The zero-order valence-corrected chi connectivity index (χ0v) is 18.5. The van der Waals surface area contributed by atoms with Gasteiger partial charge in [-0.2, -0.15) is 5.10 Å². The first-order valence-electron chi connectivity index (χ1n) is 10.9. The van der Waals surface area contributed by atoms with Crippen molar-refractivity contribution in [1.29, 1.82) is 0 Å². The Morgan fingerprint density at radius 3 is 2.58 bits per heavy atom. The van der Waals surface area contributed by atoms with Crippen LogP contribution in [0.15, 0.2) is 89.8 Å².